The molecule has 80 heavy (non-hydrogen) atoms. The second-order valence-corrected chi connectivity index (χ2v) is 25.7. The Balaban J connectivity index is 1.09. The average Bonchev–Trinajstić information content (AvgIpc) is 4.08. The molecule has 3 aromatic heterocycles. The number of rotatable bonds is 8. The summed E-state index contributed by atoms with van der Waals surface area (Å²) in [5.41, 5.74) is 18.3. The Labute approximate surface area is 472 Å². The molecule has 0 radical (unpaired) electrons. The first-order chi connectivity index (χ1) is 38.2. The van der Waals surface area contributed by atoms with Crippen LogP contribution < -0.4 is 9.80 Å². The highest BCUT2D eigenvalue weighted by Gasteiger charge is 2.34. The lowest BCUT2D eigenvalue weighted by molar-refractivity contribution is 0.570. The standard InChI is InChI=1S/C73H71N7/c1-70(2,3)51-39-40-74-64(45-51)80-60-34-20-19-29-56(60)57-38-37-49(43-63(57)80)67-75-68(77-69(76-67)65-58(72(7,8)9)32-24-33-59(65)73(10,11)12)50-41-52(71(4,5)6)44-53(42-50)78-46-79(62-36-22-21-35-61(62)78)66-54(47-25-15-13-16-26-47)30-23-31-55(66)48-27-17-14-18-28-48/h13-45H,46H2,1-12H3. The van der Waals surface area contributed by atoms with Gasteiger partial charge in [-0.1, -0.05) is 223 Å². The van der Waals surface area contributed by atoms with E-state index in [2.05, 4.69) is 292 Å². The monoisotopic (exact) mass is 1050 g/mol. The lowest BCUT2D eigenvalue weighted by atomic mass is 9.76. The zero-order chi connectivity index (χ0) is 55.9. The van der Waals surface area contributed by atoms with Crippen molar-refractivity contribution in [2.45, 2.75) is 105 Å². The Kier molecular flexibility index (Phi) is 12.7. The van der Waals surface area contributed by atoms with Crippen molar-refractivity contribution in [1.29, 1.82) is 0 Å². The van der Waals surface area contributed by atoms with Crippen LogP contribution in [0.2, 0.25) is 0 Å². The fraction of sp³-hybridized carbons (Fsp3) is 0.233. The molecule has 4 heterocycles. The summed E-state index contributed by atoms with van der Waals surface area (Å²) in [7, 11) is 0. The van der Waals surface area contributed by atoms with Crippen molar-refractivity contribution >= 4 is 44.6 Å². The zero-order valence-electron chi connectivity index (χ0n) is 48.4. The SMILES string of the molecule is CC(C)(C)c1cc(-c2nc(-c3ccc4c5ccccc5n(-c5cc(C(C)(C)C)ccn5)c4c3)nc(-c3c(C(C)(C)C)cccc3C(C)(C)C)n2)cc(N2CN(c3c(-c4ccccc4)cccc3-c3ccccc3)c3ccccc32)c1. The molecule has 0 spiro atoms. The largest absolute Gasteiger partial charge is 0.321 e. The number of nitrogens with zero attached hydrogens (tertiary/aromatic N) is 7. The van der Waals surface area contributed by atoms with E-state index >= 15 is 0 Å². The van der Waals surface area contributed by atoms with Crippen LogP contribution in [0.25, 0.3) is 84.0 Å². The molecule has 0 unspecified atom stereocenters. The second-order valence-electron chi connectivity index (χ2n) is 25.7. The topological polar surface area (TPSA) is 63.0 Å². The summed E-state index contributed by atoms with van der Waals surface area (Å²) in [5.74, 6) is 2.76. The predicted octanol–water partition coefficient (Wildman–Crippen LogP) is 19.1. The maximum Gasteiger partial charge on any atom is 0.164 e. The molecule has 398 valence electrons. The smallest absolute Gasteiger partial charge is 0.164 e. The molecule has 0 atom stereocenters. The molecule has 0 fully saturated rings. The van der Waals surface area contributed by atoms with Crippen LogP contribution in [0.1, 0.15) is 105 Å². The number of hydrogen-bond donors (Lipinski definition) is 0. The number of benzene rings is 8. The number of hydrogen-bond acceptors (Lipinski definition) is 6. The van der Waals surface area contributed by atoms with E-state index in [9.17, 15) is 0 Å². The molecule has 12 rings (SSSR count). The minimum atomic E-state index is -0.224. The highest BCUT2D eigenvalue weighted by Crippen LogP contribution is 2.51. The molecule has 1 aliphatic heterocycles. The molecule has 0 aliphatic carbocycles. The van der Waals surface area contributed by atoms with E-state index in [0.29, 0.717) is 24.1 Å². The van der Waals surface area contributed by atoms with E-state index in [-0.39, 0.29) is 21.7 Å². The fourth-order valence-corrected chi connectivity index (χ4v) is 11.6. The van der Waals surface area contributed by atoms with Gasteiger partial charge in [0.1, 0.15) is 12.5 Å². The summed E-state index contributed by atoms with van der Waals surface area (Å²) in [6.45, 7) is 27.9. The van der Waals surface area contributed by atoms with Crippen molar-refractivity contribution in [3.8, 4) is 62.2 Å². The molecule has 0 bridgehead atoms. The van der Waals surface area contributed by atoms with Crippen LogP contribution in [-0.4, -0.2) is 31.2 Å². The molecule has 0 N–H and O–H groups in total. The van der Waals surface area contributed by atoms with Gasteiger partial charge in [0.25, 0.3) is 0 Å². The number of fused-ring (bicyclic) bond motifs is 4. The minimum absolute atomic E-state index is 0.0596. The Morgan fingerprint density at radius 1 is 0.375 bits per heavy atom. The molecule has 0 saturated carbocycles. The highest BCUT2D eigenvalue weighted by molar-refractivity contribution is 6.10. The van der Waals surface area contributed by atoms with Gasteiger partial charge in [-0.3, -0.25) is 4.57 Å². The molecule has 11 aromatic rings. The van der Waals surface area contributed by atoms with Gasteiger partial charge in [-0.15, -0.1) is 0 Å². The Hall–Kier alpha value is -8.68. The summed E-state index contributed by atoms with van der Waals surface area (Å²) in [4.78, 5) is 26.9. The van der Waals surface area contributed by atoms with Crippen molar-refractivity contribution in [3.63, 3.8) is 0 Å². The molecule has 7 heteroatoms. The summed E-state index contributed by atoms with van der Waals surface area (Å²) in [5, 5.41) is 2.30. The lowest BCUT2D eigenvalue weighted by Gasteiger charge is -2.29. The average molecular weight is 1050 g/mol. The molecule has 8 aromatic carbocycles. The van der Waals surface area contributed by atoms with Crippen molar-refractivity contribution in [3.05, 3.63) is 223 Å². The van der Waals surface area contributed by atoms with E-state index in [1.165, 1.54) is 50.2 Å². The minimum Gasteiger partial charge on any atom is -0.321 e. The zero-order valence-corrected chi connectivity index (χ0v) is 48.4. The van der Waals surface area contributed by atoms with E-state index in [0.717, 1.165) is 61.4 Å². The van der Waals surface area contributed by atoms with Crippen LogP contribution >= 0.6 is 0 Å². The Morgan fingerprint density at radius 2 is 0.912 bits per heavy atom. The van der Waals surface area contributed by atoms with Crippen molar-refractivity contribution in [2.75, 3.05) is 16.5 Å². The maximum atomic E-state index is 5.66. The van der Waals surface area contributed by atoms with Crippen LogP contribution in [0.4, 0.5) is 22.7 Å². The van der Waals surface area contributed by atoms with Crippen molar-refractivity contribution in [2.24, 2.45) is 0 Å². The number of pyridine rings is 1. The molecule has 0 amide bonds. The molecule has 1 aliphatic rings. The second kappa shape index (κ2) is 19.6. The molecular formula is C73H71N7. The first-order valence-electron chi connectivity index (χ1n) is 28.2. The van der Waals surface area contributed by atoms with Crippen LogP contribution in [0.15, 0.2) is 200 Å². The predicted molar refractivity (Wildman–Crippen MR) is 336 cm³/mol. The molecule has 0 saturated heterocycles. The number of para-hydroxylation sites is 4. The van der Waals surface area contributed by atoms with Gasteiger partial charge in [-0.05, 0) is 110 Å². The number of aromatic nitrogens is 5. The third-order valence-corrected chi connectivity index (χ3v) is 15.9. The van der Waals surface area contributed by atoms with E-state index in [1.54, 1.807) is 0 Å². The summed E-state index contributed by atoms with van der Waals surface area (Å²) in [6.07, 6.45) is 1.94. The fourth-order valence-electron chi connectivity index (χ4n) is 11.6. The normalized spacial score (nSPS) is 13.2. The van der Waals surface area contributed by atoms with Crippen LogP contribution in [0.3, 0.4) is 0 Å². The summed E-state index contributed by atoms with van der Waals surface area (Å²) >= 11 is 0. The first-order valence-corrected chi connectivity index (χ1v) is 28.2. The van der Waals surface area contributed by atoms with Crippen LogP contribution in [0.5, 0.6) is 0 Å². The van der Waals surface area contributed by atoms with Gasteiger partial charge < -0.3 is 9.80 Å². The van der Waals surface area contributed by atoms with Crippen molar-refractivity contribution in [1.82, 2.24) is 24.5 Å². The van der Waals surface area contributed by atoms with Gasteiger partial charge in [0.05, 0.1) is 28.1 Å². The van der Waals surface area contributed by atoms with Gasteiger partial charge in [0.15, 0.2) is 17.5 Å². The Bertz CT molecular complexity index is 4050. The van der Waals surface area contributed by atoms with E-state index < -0.39 is 0 Å². The first kappa shape index (κ1) is 52.0. The van der Waals surface area contributed by atoms with Crippen LogP contribution in [0, 0.1) is 0 Å². The van der Waals surface area contributed by atoms with Gasteiger partial charge in [-0.25, -0.2) is 19.9 Å². The highest BCUT2D eigenvalue weighted by atomic mass is 15.4. The van der Waals surface area contributed by atoms with Crippen molar-refractivity contribution < 1.29 is 0 Å². The number of anilines is 4. The Morgan fingerprint density at radius 3 is 1.52 bits per heavy atom. The van der Waals surface area contributed by atoms with Crippen LogP contribution in [-0.2, 0) is 21.7 Å². The van der Waals surface area contributed by atoms with Gasteiger partial charge >= 0.3 is 0 Å². The molecular weight excluding hydrogens is 975 g/mol. The van der Waals surface area contributed by atoms with E-state index in [1.807, 2.05) is 6.20 Å². The van der Waals surface area contributed by atoms with E-state index in [4.69, 9.17) is 19.9 Å². The summed E-state index contributed by atoms with van der Waals surface area (Å²) < 4.78 is 2.30. The third kappa shape index (κ3) is 9.52. The quantitative estimate of drug-likeness (QED) is 0.151. The summed E-state index contributed by atoms with van der Waals surface area (Å²) in [6, 6.07) is 70.5. The maximum absolute atomic E-state index is 5.66. The van der Waals surface area contributed by atoms with Gasteiger partial charge in [-0.2, -0.15) is 0 Å². The molecule has 7 nitrogen and oxygen atoms in total. The third-order valence-electron chi connectivity index (χ3n) is 15.9. The van der Waals surface area contributed by atoms with Gasteiger partial charge in [0.2, 0.25) is 0 Å². The van der Waals surface area contributed by atoms with Gasteiger partial charge in [0, 0.05) is 50.5 Å². The lowest BCUT2D eigenvalue weighted by Crippen LogP contribution is -2.25.